The fourth-order valence-electron chi connectivity index (χ4n) is 0.978. The first kappa shape index (κ1) is 10.6. The first-order valence-corrected chi connectivity index (χ1v) is 3.74. The molecule has 0 N–H and O–H groups in total. The van der Waals surface area contributed by atoms with E-state index in [0.717, 1.165) is 6.07 Å². The van der Waals surface area contributed by atoms with Crippen LogP contribution in [0.4, 0.5) is 13.2 Å². The van der Waals surface area contributed by atoms with Gasteiger partial charge >= 0.3 is 6.36 Å². The Labute approximate surface area is 78.3 Å². The first-order valence-electron chi connectivity index (χ1n) is 3.74. The van der Waals surface area contributed by atoms with Gasteiger partial charge in [0.15, 0.2) is 6.29 Å². The summed E-state index contributed by atoms with van der Waals surface area (Å²) in [5.41, 5.74) is 0.587. The van der Waals surface area contributed by atoms with E-state index in [1.807, 2.05) is 0 Å². The number of rotatable bonds is 2. The van der Waals surface area contributed by atoms with E-state index < -0.39 is 12.1 Å². The van der Waals surface area contributed by atoms with Gasteiger partial charge in [-0.1, -0.05) is 11.6 Å². The van der Waals surface area contributed by atoms with Crippen LogP contribution in [0.1, 0.15) is 15.9 Å². The summed E-state index contributed by atoms with van der Waals surface area (Å²) in [7, 11) is 0. The van der Waals surface area contributed by atoms with Crippen molar-refractivity contribution in [2.24, 2.45) is 0 Å². The van der Waals surface area contributed by atoms with E-state index in [2.05, 4.69) is 4.74 Å². The third kappa shape index (κ3) is 2.76. The Bertz CT molecular complexity index is 344. The molecule has 0 aliphatic carbocycles. The third-order valence-corrected chi connectivity index (χ3v) is 1.52. The van der Waals surface area contributed by atoms with E-state index >= 15 is 0 Å². The highest BCUT2D eigenvalue weighted by Gasteiger charge is 2.31. The van der Waals surface area contributed by atoms with E-state index in [0.29, 0.717) is 11.8 Å². The number of carbonyl (C=O) groups is 1. The van der Waals surface area contributed by atoms with Crippen molar-refractivity contribution in [3.05, 3.63) is 29.3 Å². The molecule has 0 radical (unpaired) electrons. The predicted molar refractivity (Wildman–Crippen MR) is 43.2 cm³/mol. The van der Waals surface area contributed by atoms with Crippen LogP contribution in [0.5, 0.6) is 5.75 Å². The minimum absolute atomic E-state index is 0.109. The summed E-state index contributed by atoms with van der Waals surface area (Å²) in [5.74, 6) is -0.474. The van der Waals surface area contributed by atoms with Gasteiger partial charge in [-0.2, -0.15) is 0 Å². The normalized spacial score (nSPS) is 11.1. The highest BCUT2D eigenvalue weighted by atomic mass is 19.4. The quantitative estimate of drug-likeness (QED) is 0.692. The molecule has 5 heteroatoms. The number of hydrogen-bond donors (Lipinski definition) is 0. The Morgan fingerprint density at radius 1 is 1.36 bits per heavy atom. The fourth-order valence-corrected chi connectivity index (χ4v) is 0.978. The topological polar surface area (TPSA) is 26.3 Å². The maximum Gasteiger partial charge on any atom is 0.573 e. The minimum atomic E-state index is -4.77. The van der Waals surface area contributed by atoms with Gasteiger partial charge in [-0.25, -0.2) is 0 Å². The Hall–Kier alpha value is -1.52. The van der Waals surface area contributed by atoms with Crippen LogP contribution in [-0.4, -0.2) is 12.6 Å². The second kappa shape index (κ2) is 3.69. The fraction of sp³-hybridized carbons (Fsp3) is 0.222. The molecule has 0 spiro atoms. The van der Waals surface area contributed by atoms with Gasteiger partial charge < -0.3 is 4.74 Å². The van der Waals surface area contributed by atoms with E-state index in [4.69, 9.17) is 0 Å². The Morgan fingerprint density at radius 2 is 2.00 bits per heavy atom. The van der Waals surface area contributed by atoms with Crippen LogP contribution in [0.15, 0.2) is 18.2 Å². The molecule has 0 aliphatic rings. The molecule has 0 saturated carbocycles. The molecule has 1 aromatic rings. The molecule has 0 amide bonds. The number of ether oxygens (including phenoxy) is 1. The van der Waals surface area contributed by atoms with Gasteiger partial charge in [-0.05, 0) is 19.1 Å². The van der Waals surface area contributed by atoms with Crippen molar-refractivity contribution in [2.75, 3.05) is 0 Å². The predicted octanol–water partition coefficient (Wildman–Crippen LogP) is 2.71. The second-order valence-electron chi connectivity index (χ2n) is 2.71. The summed E-state index contributed by atoms with van der Waals surface area (Å²) < 4.78 is 39.1. The standard InChI is InChI=1S/C9H7F3O2/c1-6-2-3-8(7(4-6)5-13)14-9(10,11)12/h2-5H,1H3. The molecular weight excluding hydrogens is 197 g/mol. The molecule has 76 valence electrons. The van der Waals surface area contributed by atoms with Crippen LogP contribution < -0.4 is 4.74 Å². The number of alkyl halides is 3. The largest absolute Gasteiger partial charge is 0.573 e. The van der Waals surface area contributed by atoms with Gasteiger partial charge in [-0.3, -0.25) is 4.79 Å². The van der Waals surface area contributed by atoms with Crippen molar-refractivity contribution >= 4 is 6.29 Å². The molecular formula is C9H7F3O2. The van der Waals surface area contributed by atoms with Crippen molar-refractivity contribution in [1.82, 2.24) is 0 Å². The lowest BCUT2D eigenvalue weighted by atomic mass is 10.1. The van der Waals surface area contributed by atoms with E-state index in [1.54, 1.807) is 6.92 Å². The maximum absolute atomic E-state index is 11.8. The number of benzene rings is 1. The van der Waals surface area contributed by atoms with Crippen molar-refractivity contribution in [3.8, 4) is 5.75 Å². The zero-order valence-electron chi connectivity index (χ0n) is 7.26. The van der Waals surface area contributed by atoms with Crippen molar-refractivity contribution in [1.29, 1.82) is 0 Å². The maximum atomic E-state index is 11.8. The molecule has 1 rings (SSSR count). The molecule has 1 aromatic carbocycles. The highest BCUT2D eigenvalue weighted by Crippen LogP contribution is 2.25. The van der Waals surface area contributed by atoms with Crippen LogP contribution >= 0.6 is 0 Å². The van der Waals surface area contributed by atoms with Gasteiger partial charge in [0.25, 0.3) is 0 Å². The number of halogens is 3. The first-order chi connectivity index (χ1) is 6.42. The summed E-state index contributed by atoms with van der Waals surface area (Å²) in [6.07, 6.45) is -4.44. The summed E-state index contributed by atoms with van der Waals surface area (Å²) in [5, 5.41) is 0. The lowest BCUT2D eigenvalue weighted by molar-refractivity contribution is -0.274. The number of aryl methyl sites for hydroxylation is 1. The zero-order valence-corrected chi connectivity index (χ0v) is 7.26. The van der Waals surface area contributed by atoms with E-state index in [9.17, 15) is 18.0 Å². The third-order valence-electron chi connectivity index (χ3n) is 1.52. The van der Waals surface area contributed by atoms with Gasteiger partial charge in [0.1, 0.15) is 5.75 Å². The Kier molecular flexibility index (Phi) is 2.78. The van der Waals surface area contributed by atoms with Gasteiger partial charge in [0.2, 0.25) is 0 Å². The van der Waals surface area contributed by atoms with Crippen LogP contribution in [0.3, 0.4) is 0 Å². The summed E-state index contributed by atoms with van der Waals surface area (Å²) in [4.78, 5) is 10.4. The van der Waals surface area contributed by atoms with Crippen molar-refractivity contribution in [3.63, 3.8) is 0 Å². The van der Waals surface area contributed by atoms with Gasteiger partial charge in [0.05, 0.1) is 5.56 Å². The van der Waals surface area contributed by atoms with Gasteiger partial charge in [0, 0.05) is 0 Å². The summed E-state index contributed by atoms with van der Waals surface area (Å²) in [6.45, 7) is 1.67. The lowest BCUT2D eigenvalue weighted by Crippen LogP contribution is -2.18. The average Bonchev–Trinajstić information content (AvgIpc) is 2.06. The van der Waals surface area contributed by atoms with Crippen molar-refractivity contribution in [2.45, 2.75) is 13.3 Å². The monoisotopic (exact) mass is 204 g/mol. The van der Waals surface area contributed by atoms with Crippen LogP contribution in [0, 0.1) is 6.92 Å². The molecule has 2 nitrogen and oxygen atoms in total. The van der Waals surface area contributed by atoms with Crippen molar-refractivity contribution < 1.29 is 22.7 Å². The van der Waals surface area contributed by atoms with E-state index in [1.165, 1.54) is 12.1 Å². The summed E-state index contributed by atoms with van der Waals surface area (Å²) >= 11 is 0. The van der Waals surface area contributed by atoms with Crippen LogP contribution in [0.25, 0.3) is 0 Å². The minimum Gasteiger partial charge on any atom is -0.405 e. The highest BCUT2D eigenvalue weighted by molar-refractivity contribution is 5.79. The lowest BCUT2D eigenvalue weighted by Gasteiger charge is -2.10. The SMILES string of the molecule is Cc1ccc(OC(F)(F)F)c(C=O)c1. The summed E-state index contributed by atoms with van der Waals surface area (Å²) in [6, 6.07) is 3.88. The zero-order chi connectivity index (χ0) is 10.8. The Balaban J connectivity index is 3.03. The molecule has 0 aliphatic heterocycles. The van der Waals surface area contributed by atoms with Crippen LogP contribution in [0.2, 0.25) is 0 Å². The second-order valence-corrected chi connectivity index (χ2v) is 2.71. The smallest absolute Gasteiger partial charge is 0.405 e. The molecule has 0 saturated heterocycles. The number of carbonyl (C=O) groups excluding carboxylic acids is 1. The van der Waals surface area contributed by atoms with Crippen LogP contribution in [-0.2, 0) is 0 Å². The molecule has 0 unspecified atom stereocenters. The Morgan fingerprint density at radius 3 is 2.50 bits per heavy atom. The molecule has 0 fully saturated rings. The molecule has 0 atom stereocenters. The molecule has 0 heterocycles. The molecule has 0 aromatic heterocycles. The number of aldehydes is 1. The number of hydrogen-bond acceptors (Lipinski definition) is 2. The van der Waals surface area contributed by atoms with Gasteiger partial charge in [-0.15, -0.1) is 13.2 Å². The molecule has 0 bridgehead atoms. The van der Waals surface area contributed by atoms with E-state index in [-0.39, 0.29) is 5.56 Å². The average molecular weight is 204 g/mol. The molecule has 14 heavy (non-hydrogen) atoms.